The topological polar surface area (TPSA) is 35.6 Å². The summed E-state index contributed by atoms with van der Waals surface area (Å²) in [5.74, 6) is 1.00. The van der Waals surface area contributed by atoms with Gasteiger partial charge in [0.2, 0.25) is 5.91 Å². The van der Waals surface area contributed by atoms with Crippen LogP contribution in [0.2, 0.25) is 0 Å². The van der Waals surface area contributed by atoms with E-state index in [0.717, 1.165) is 31.6 Å². The first-order valence-corrected chi connectivity index (χ1v) is 9.81. The summed E-state index contributed by atoms with van der Waals surface area (Å²) in [6.45, 7) is 9.90. The maximum absolute atomic E-state index is 11.4. The minimum atomic E-state index is 0.241. The monoisotopic (exact) mass is 321 g/mol. The van der Waals surface area contributed by atoms with Gasteiger partial charge in [-0.15, -0.1) is 0 Å². The van der Waals surface area contributed by atoms with Crippen molar-refractivity contribution >= 4 is 5.91 Å². The standard InChI is InChI=1S/C19H35N3O/c1-16(23)21-13-7-17(8-14-21)15-20-18-5-9-19(2,10-6-18)22-11-3-4-12-22/h17-18,20H,3-15H2,1-2H3. The third kappa shape index (κ3) is 4.27. The minimum Gasteiger partial charge on any atom is -0.343 e. The lowest BCUT2D eigenvalue weighted by Crippen LogP contribution is -2.50. The van der Waals surface area contributed by atoms with E-state index >= 15 is 0 Å². The quantitative estimate of drug-likeness (QED) is 0.864. The summed E-state index contributed by atoms with van der Waals surface area (Å²) in [6.07, 6.45) is 10.5. The van der Waals surface area contributed by atoms with Gasteiger partial charge in [0.25, 0.3) is 0 Å². The van der Waals surface area contributed by atoms with Gasteiger partial charge in [0.1, 0.15) is 0 Å². The molecule has 2 heterocycles. The van der Waals surface area contributed by atoms with E-state index in [1.165, 1.54) is 64.5 Å². The molecule has 132 valence electrons. The van der Waals surface area contributed by atoms with Crippen molar-refractivity contribution in [1.82, 2.24) is 15.1 Å². The van der Waals surface area contributed by atoms with Crippen molar-refractivity contribution in [3.8, 4) is 0 Å². The average molecular weight is 322 g/mol. The maximum atomic E-state index is 11.4. The number of rotatable bonds is 4. The molecule has 3 aliphatic rings. The average Bonchev–Trinajstić information content (AvgIpc) is 3.10. The van der Waals surface area contributed by atoms with Crippen molar-refractivity contribution in [3.63, 3.8) is 0 Å². The SMILES string of the molecule is CC(=O)N1CCC(CNC2CCC(C)(N3CCCC3)CC2)CC1. The lowest BCUT2D eigenvalue weighted by atomic mass is 9.79. The molecule has 23 heavy (non-hydrogen) atoms. The Bertz CT molecular complexity index is 389. The predicted molar refractivity (Wildman–Crippen MR) is 94.4 cm³/mol. The summed E-state index contributed by atoms with van der Waals surface area (Å²) >= 11 is 0. The van der Waals surface area contributed by atoms with E-state index < -0.39 is 0 Å². The molecule has 0 atom stereocenters. The molecule has 3 fully saturated rings. The summed E-state index contributed by atoms with van der Waals surface area (Å²) in [4.78, 5) is 16.1. The van der Waals surface area contributed by atoms with Gasteiger partial charge in [-0.25, -0.2) is 0 Å². The Morgan fingerprint density at radius 2 is 1.65 bits per heavy atom. The summed E-state index contributed by atoms with van der Waals surface area (Å²) in [7, 11) is 0. The molecule has 0 aromatic carbocycles. The number of carbonyl (C=O) groups is 1. The first-order valence-electron chi connectivity index (χ1n) is 9.81. The van der Waals surface area contributed by atoms with Crippen molar-refractivity contribution in [2.75, 3.05) is 32.7 Å². The summed E-state index contributed by atoms with van der Waals surface area (Å²) in [5.41, 5.74) is 0.474. The van der Waals surface area contributed by atoms with Crippen molar-refractivity contribution in [2.24, 2.45) is 5.92 Å². The molecule has 1 amide bonds. The molecule has 4 nitrogen and oxygen atoms in total. The highest BCUT2D eigenvalue weighted by molar-refractivity contribution is 5.73. The van der Waals surface area contributed by atoms with Crippen LogP contribution in [0, 0.1) is 5.92 Å². The fourth-order valence-corrected chi connectivity index (χ4v) is 4.80. The first-order chi connectivity index (χ1) is 11.1. The molecule has 1 aliphatic carbocycles. The number of likely N-dealkylation sites (tertiary alicyclic amines) is 2. The van der Waals surface area contributed by atoms with Crippen molar-refractivity contribution in [1.29, 1.82) is 0 Å². The predicted octanol–water partition coefficient (Wildman–Crippen LogP) is 2.63. The second-order valence-electron chi connectivity index (χ2n) is 8.32. The maximum Gasteiger partial charge on any atom is 0.219 e. The zero-order valence-electron chi connectivity index (χ0n) is 15.1. The van der Waals surface area contributed by atoms with E-state index in [0.29, 0.717) is 5.54 Å². The van der Waals surface area contributed by atoms with E-state index in [1.807, 2.05) is 4.90 Å². The number of amides is 1. The molecular formula is C19H35N3O. The Kier molecular flexibility index (Phi) is 5.63. The Morgan fingerprint density at radius 3 is 2.22 bits per heavy atom. The lowest BCUT2D eigenvalue weighted by molar-refractivity contribution is -0.130. The van der Waals surface area contributed by atoms with Gasteiger partial charge in [-0.1, -0.05) is 0 Å². The molecule has 0 radical (unpaired) electrons. The molecule has 1 saturated carbocycles. The highest BCUT2D eigenvalue weighted by Crippen LogP contribution is 2.35. The van der Waals surface area contributed by atoms with E-state index in [1.54, 1.807) is 6.92 Å². The van der Waals surface area contributed by atoms with Gasteiger partial charge in [0, 0.05) is 31.6 Å². The van der Waals surface area contributed by atoms with Crippen LogP contribution in [0.4, 0.5) is 0 Å². The number of piperidine rings is 1. The number of hydrogen-bond donors (Lipinski definition) is 1. The number of hydrogen-bond acceptors (Lipinski definition) is 3. The highest BCUT2D eigenvalue weighted by atomic mass is 16.2. The largest absolute Gasteiger partial charge is 0.343 e. The van der Waals surface area contributed by atoms with Gasteiger partial charge in [-0.3, -0.25) is 9.69 Å². The molecular weight excluding hydrogens is 286 g/mol. The summed E-state index contributed by atoms with van der Waals surface area (Å²) < 4.78 is 0. The van der Waals surface area contributed by atoms with Crippen LogP contribution in [0.25, 0.3) is 0 Å². The van der Waals surface area contributed by atoms with Crippen LogP contribution in [0.1, 0.15) is 65.2 Å². The van der Waals surface area contributed by atoms with Gasteiger partial charge in [-0.2, -0.15) is 0 Å². The Morgan fingerprint density at radius 1 is 1.04 bits per heavy atom. The van der Waals surface area contributed by atoms with Gasteiger partial charge in [0.05, 0.1) is 0 Å². The normalized spacial score (nSPS) is 34.0. The van der Waals surface area contributed by atoms with Crippen molar-refractivity contribution in [3.05, 3.63) is 0 Å². The molecule has 1 N–H and O–H groups in total. The van der Waals surface area contributed by atoms with E-state index in [4.69, 9.17) is 0 Å². The number of nitrogens with one attached hydrogen (secondary N) is 1. The van der Waals surface area contributed by atoms with Crippen molar-refractivity contribution < 1.29 is 4.79 Å². The Labute approximate surface area is 142 Å². The van der Waals surface area contributed by atoms with Gasteiger partial charge >= 0.3 is 0 Å². The third-order valence-electron chi connectivity index (χ3n) is 6.69. The second-order valence-corrected chi connectivity index (χ2v) is 8.32. The fourth-order valence-electron chi connectivity index (χ4n) is 4.80. The van der Waals surface area contributed by atoms with E-state index in [2.05, 4.69) is 17.1 Å². The van der Waals surface area contributed by atoms with Crippen LogP contribution >= 0.6 is 0 Å². The zero-order chi connectivity index (χ0) is 16.3. The summed E-state index contributed by atoms with van der Waals surface area (Å²) in [6, 6.07) is 0.719. The molecule has 0 bridgehead atoms. The lowest BCUT2D eigenvalue weighted by Gasteiger charge is -2.44. The molecule has 0 aromatic heterocycles. The van der Waals surface area contributed by atoms with Gasteiger partial charge in [0.15, 0.2) is 0 Å². The van der Waals surface area contributed by atoms with Gasteiger partial charge < -0.3 is 10.2 Å². The fraction of sp³-hybridized carbons (Fsp3) is 0.947. The van der Waals surface area contributed by atoms with Crippen LogP contribution in [0.5, 0.6) is 0 Å². The third-order valence-corrected chi connectivity index (χ3v) is 6.69. The zero-order valence-corrected chi connectivity index (χ0v) is 15.1. The van der Waals surface area contributed by atoms with Crippen LogP contribution in [-0.4, -0.2) is 60.0 Å². The highest BCUT2D eigenvalue weighted by Gasteiger charge is 2.37. The van der Waals surface area contributed by atoms with Crippen molar-refractivity contribution in [2.45, 2.75) is 76.8 Å². The van der Waals surface area contributed by atoms with Crippen LogP contribution in [0.3, 0.4) is 0 Å². The Hall–Kier alpha value is -0.610. The second kappa shape index (κ2) is 7.52. The smallest absolute Gasteiger partial charge is 0.219 e. The van der Waals surface area contributed by atoms with E-state index in [9.17, 15) is 4.79 Å². The number of nitrogens with zero attached hydrogens (tertiary/aromatic N) is 2. The minimum absolute atomic E-state index is 0.241. The molecule has 0 spiro atoms. The molecule has 0 aromatic rings. The molecule has 2 saturated heterocycles. The first kappa shape index (κ1) is 17.2. The van der Waals surface area contributed by atoms with E-state index in [-0.39, 0.29) is 5.91 Å². The van der Waals surface area contributed by atoms with Crippen LogP contribution < -0.4 is 5.32 Å². The van der Waals surface area contributed by atoms with Crippen LogP contribution in [0.15, 0.2) is 0 Å². The molecule has 0 unspecified atom stereocenters. The molecule has 4 heteroatoms. The van der Waals surface area contributed by atoms with Crippen LogP contribution in [-0.2, 0) is 4.79 Å². The van der Waals surface area contributed by atoms with Gasteiger partial charge in [-0.05, 0) is 83.8 Å². The molecule has 3 rings (SSSR count). The Balaban J connectivity index is 1.36. The number of carbonyl (C=O) groups excluding carboxylic acids is 1. The molecule has 2 aliphatic heterocycles. The summed E-state index contributed by atoms with van der Waals surface area (Å²) in [5, 5.41) is 3.84.